The van der Waals surface area contributed by atoms with Crippen LogP contribution in [0.4, 0.5) is 0 Å². The van der Waals surface area contributed by atoms with Gasteiger partial charge >= 0.3 is 0 Å². The fourth-order valence-electron chi connectivity index (χ4n) is 2.96. The van der Waals surface area contributed by atoms with E-state index in [0.717, 1.165) is 6.42 Å². The summed E-state index contributed by atoms with van der Waals surface area (Å²) in [6, 6.07) is 8.93. The Morgan fingerprint density at radius 2 is 1.78 bits per heavy atom. The predicted octanol–water partition coefficient (Wildman–Crippen LogP) is 3.01. The Hall–Kier alpha value is -0.860. The van der Waals surface area contributed by atoms with E-state index in [-0.39, 0.29) is 11.5 Å². The minimum absolute atomic E-state index is 0.101. The van der Waals surface area contributed by atoms with E-state index in [9.17, 15) is 0 Å². The first kappa shape index (κ1) is 13.6. The normalized spacial score (nSPS) is 19.6. The topological polar surface area (TPSA) is 52.0 Å². The SMILES string of the molecule is CC(C)Cc1ccc(C(N)C2(CN)CCC2)cc1. The summed E-state index contributed by atoms with van der Waals surface area (Å²) in [6.07, 6.45) is 4.77. The molecule has 0 amide bonds. The number of nitrogens with two attached hydrogens (primary N) is 2. The van der Waals surface area contributed by atoms with Crippen molar-refractivity contribution in [3.05, 3.63) is 35.4 Å². The van der Waals surface area contributed by atoms with Crippen molar-refractivity contribution >= 4 is 0 Å². The van der Waals surface area contributed by atoms with Gasteiger partial charge < -0.3 is 11.5 Å². The third-order valence-corrected chi connectivity index (χ3v) is 4.40. The van der Waals surface area contributed by atoms with E-state index in [0.29, 0.717) is 12.5 Å². The van der Waals surface area contributed by atoms with Crippen LogP contribution in [0.3, 0.4) is 0 Å². The zero-order chi connectivity index (χ0) is 13.2. The van der Waals surface area contributed by atoms with Crippen molar-refractivity contribution in [3.8, 4) is 0 Å². The van der Waals surface area contributed by atoms with E-state index in [2.05, 4.69) is 38.1 Å². The molecule has 1 aliphatic carbocycles. The van der Waals surface area contributed by atoms with Crippen LogP contribution in [0.5, 0.6) is 0 Å². The zero-order valence-electron chi connectivity index (χ0n) is 11.7. The molecule has 2 heteroatoms. The molecule has 1 atom stereocenters. The first-order valence-electron chi connectivity index (χ1n) is 7.12. The van der Waals surface area contributed by atoms with Crippen molar-refractivity contribution in [3.63, 3.8) is 0 Å². The van der Waals surface area contributed by atoms with Gasteiger partial charge in [-0.3, -0.25) is 0 Å². The third kappa shape index (κ3) is 2.60. The molecule has 1 saturated carbocycles. The van der Waals surface area contributed by atoms with Crippen molar-refractivity contribution < 1.29 is 0 Å². The molecule has 0 saturated heterocycles. The van der Waals surface area contributed by atoms with Gasteiger partial charge in [0, 0.05) is 11.5 Å². The standard InChI is InChI=1S/C16H26N2/c1-12(2)10-13-4-6-14(7-5-13)15(18)16(11-17)8-3-9-16/h4-7,12,15H,3,8-11,17-18H2,1-2H3. The molecule has 100 valence electrons. The van der Waals surface area contributed by atoms with Gasteiger partial charge in [0.1, 0.15) is 0 Å². The molecule has 2 rings (SSSR count). The lowest BCUT2D eigenvalue weighted by Crippen LogP contribution is -2.46. The van der Waals surface area contributed by atoms with Crippen LogP contribution < -0.4 is 11.5 Å². The van der Waals surface area contributed by atoms with Crippen molar-refractivity contribution in [1.29, 1.82) is 0 Å². The molecule has 0 bridgehead atoms. The van der Waals surface area contributed by atoms with E-state index >= 15 is 0 Å². The molecule has 0 heterocycles. The van der Waals surface area contributed by atoms with Gasteiger partial charge in [-0.1, -0.05) is 44.5 Å². The first-order chi connectivity index (χ1) is 8.57. The Labute approximate surface area is 111 Å². The highest BCUT2D eigenvalue weighted by molar-refractivity contribution is 5.27. The molecule has 0 aromatic heterocycles. The van der Waals surface area contributed by atoms with Crippen molar-refractivity contribution in [2.24, 2.45) is 22.8 Å². The second kappa shape index (κ2) is 5.41. The third-order valence-electron chi connectivity index (χ3n) is 4.40. The molecular weight excluding hydrogens is 220 g/mol. The lowest BCUT2D eigenvalue weighted by molar-refractivity contribution is 0.105. The summed E-state index contributed by atoms with van der Waals surface area (Å²) in [4.78, 5) is 0. The Kier molecular flexibility index (Phi) is 4.08. The Morgan fingerprint density at radius 3 is 2.17 bits per heavy atom. The summed E-state index contributed by atoms with van der Waals surface area (Å²) in [6.45, 7) is 5.21. The van der Waals surface area contributed by atoms with Crippen LogP contribution in [0.1, 0.15) is 50.3 Å². The number of hydrogen-bond donors (Lipinski definition) is 2. The van der Waals surface area contributed by atoms with Crippen molar-refractivity contribution in [2.75, 3.05) is 6.54 Å². The van der Waals surface area contributed by atoms with Gasteiger partial charge in [-0.2, -0.15) is 0 Å². The maximum Gasteiger partial charge on any atom is 0.0364 e. The summed E-state index contributed by atoms with van der Waals surface area (Å²) in [5.41, 5.74) is 15.1. The van der Waals surface area contributed by atoms with E-state index in [4.69, 9.17) is 11.5 Å². The molecule has 18 heavy (non-hydrogen) atoms. The summed E-state index contributed by atoms with van der Waals surface area (Å²) < 4.78 is 0. The van der Waals surface area contributed by atoms with Crippen molar-refractivity contribution in [1.82, 2.24) is 0 Å². The second-order valence-corrected chi connectivity index (χ2v) is 6.24. The van der Waals surface area contributed by atoms with Crippen LogP contribution in [0.25, 0.3) is 0 Å². The van der Waals surface area contributed by atoms with Crippen LogP contribution in [-0.2, 0) is 6.42 Å². The predicted molar refractivity (Wildman–Crippen MR) is 77.3 cm³/mol. The average molecular weight is 246 g/mol. The Bertz CT molecular complexity index is 371. The van der Waals surface area contributed by atoms with Crippen molar-refractivity contribution in [2.45, 2.75) is 45.6 Å². The van der Waals surface area contributed by atoms with E-state index in [1.165, 1.54) is 30.4 Å². The lowest BCUT2D eigenvalue weighted by Gasteiger charge is -2.45. The van der Waals surface area contributed by atoms with Gasteiger partial charge in [-0.15, -0.1) is 0 Å². The quantitative estimate of drug-likeness (QED) is 0.839. The molecule has 1 aromatic carbocycles. The molecular formula is C16H26N2. The van der Waals surface area contributed by atoms with E-state index in [1.54, 1.807) is 0 Å². The maximum atomic E-state index is 6.42. The molecule has 1 aromatic rings. The lowest BCUT2D eigenvalue weighted by atomic mass is 9.62. The summed E-state index contributed by atoms with van der Waals surface area (Å²) in [5, 5.41) is 0. The molecule has 0 spiro atoms. The first-order valence-corrected chi connectivity index (χ1v) is 7.12. The Morgan fingerprint density at radius 1 is 1.17 bits per heavy atom. The number of hydrogen-bond acceptors (Lipinski definition) is 2. The molecule has 0 aliphatic heterocycles. The minimum atomic E-state index is 0.101. The molecule has 0 radical (unpaired) electrons. The highest BCUT2D eigenvalue weighted by Crippen LogP contribution is 2.48. The van der Waals surface area contributed by atoms with Crippen LogP contribution >= 0.6 is 0 Å². The van der Waals surface area contributed by atoms with Gasteiger partial charge in [0.15, 0.2) is 0 Å². The maximum absolute atomic E-state index is 6.42. The monoisotopic (exact) mass is 246 g/mol. The number of rotatable bonds is 5. The highest BCUT2D eigenvalue weighted by Gasteiger charge is 2.41. The largest absolute Gasteiger partial charge is 0.330 e. The van der Waals surface area contributed by atoms with Crippen LogP contribution in [0.15, 0.2) is 24.3 Å². The van der Waals surface area contributed by atoms with Gasteiger partial charge in [-0.05, 0) is 42.9 Å². The molecule has 1 aliphatic rings. The Balaban J connectivity index is 2.09. The van der Waals surface area contributed by atoms with Gasteiger partial charge in [0.2, 0.25) is 0 Å². The summed E-state index contributed by atoms with van der Waals surface area (Å²) in [7, 11) is 0. The van der Waals surface area contributed by atoms with E-state index in [1.807, 2.05) is 0 Å². The smallest absolute Gasteiger partial charge is 0.0364 e. The minimum Gasteiger partial charge on any atom is -0.330 e. The molecule has 1 unspecified atom stereocenters. The summed E-state index contributed by atoms with van der Waals surface area (Å²) >= 11 is 0. The zero-order valence-corrected chi connectivity index (χ0v) is 11.7. The van der Waals surface area contributed by atoms with Gasteiger partial charge in [0.25, 0.3) is 0 Å². The van der Waals surface area contributed by atoms with Gasteiger partial charge in [-0.25, -0.2) is 0 Å². The molecule has 1 fully saturated rings. The fraction of sp³-hybridized carbons (Fsp3) is 0.625. The second-order valence-electron chi connectivity index (χ2n) is 6.24. The molecule has 4 N–H and O–H groups in total. The van der Waals surface area contributed by atoms with Crippen LogP contribution in [-0.4, -0.2) is 6.54 Å². The summed E-state index contributed by atoms with van der Waals surface area (Å²) in [5.74, 6) is 0.700. The van der Waals surface area contributed by atoms with Gasteiger partial charge in [0.05, 0.1) is 0 Å². The fourth-order valence-corrected chi connectivity index (χ4v) is 2.96. The highest BCUT2D eigenvalue weighted by atomic mass is 14.8. The van der Waals surface area contributed by atoms with Crippen LogP contribution in [0, 0.1) is 11.3 Å². The molecule has 2 nitrogen and oxygen atoms in total. The van der Waals surface area contributed by atoms with E-state index < -0.39 is 0 Å². The number of benzene rings is 1. The average Bonchev–Trinajstić information content (AvgIpc) is 2.28. The van der Waals surface area contributed by atoms with Crippen LogP contribution in [0.2, 0.25) is 0 Å².